The van der Waals surface area contributed by atoms with Gasteiger partial charge in [0.1, 0.15) is 5.75 Å². The van der Waals surface area contributed by atoms with E-state index in [0.717, 1.165) is 22.2 Å². The van der Waals surface area contributed by atoms with Crippen molar-refractivity contribution in [2.24, 2.45) is 0 Å². The number of rotatable bonds is 6. The second-order valence-electron chi connectivity index (χ2n) is 7.40. The SMILES string of the molecule is CCOc1ccc(N(Cc2cc3ccccc3[nH]c2=O)C(=O)c2cccc(C)c2)cc1. The molecule has 1 N–H and O–H groups in total. The molecule has 3 aromatic carbocycles. The smallest absolute Gasteiger partial charge is 0.258 e. The van der Waals surface area contributed by atoms with Crippen molar-refractivity contribution in [2.75, 3.05) is 11.5 Å². The van der Waals surface area contributed by atoms with Crippen LogP contribution in [-0.4, -0.2) is 17.5 Å². The van der Waals surface area contributed by atoms with Crippen molar-refractivity contribution < 1.29 is 9.53 Å². The Morgan fingerprint density at radius 2 is 1.74 bits per heavy atom. The number of carbonyl (C=O) groups excluding carboxylic acids is 1. The number of nitrogens with one attached hydrogen (secondary N) is 1. The topological polar surface area (TPSA) is 62.4 Å². The highest BCUT2D eigenvalue weighted by atomic mass is 16.5. The highest BCUT2D eigenvalue weighted by Crippen LogP contribution is 2.24. The molecule has 4 aromatic rings. The summed E-state index contributed by atoms with van der Waals surface area (Å²) >= 11 is 0. The van der Waals surface area contributed by atoms with E-state index in [4.69, 9.17) is 4.74 Å². The van der Waals surface area contributed by atoms with Crippen LogP contribution in [0.4, 0.5) is 5.69 Å². The second-order valence-corrected chi connectivity index (χ2v) is 7.40. The van der Waals surface area contributed by atoms with Gasteiger partial charge < -0.3 is 14.6 Å². The van der Waals surface area contributed by atoms with Gasteiger partial charge in [-0.1, -0.05) is 35.9 Å². The summed E-state index contributed by atoms with van der Waals surface area (Å²) in [5.74, 6) is 0.568. The molecule has 1 amide bonds. The number of carbonyl (C=O) groups is 1. The van der Waals surface area contributed by atoms with Crippen LogP contribution in [0.5, 0.6) is 5.75 Å². The van der Waals surface area contributed by atoms with Crippen LogP contribution in [0.25, 0.3) is 10.9 Å². The van der Waals surface area contributed by atoms with E-state index in [0.29, 0.717) is 23.4 Å². The van der Waals surface area contributed by atoms with Gasteiger partial charge in [0.25, 0.3) is 11.5 Å². The molecule has 0 atom stereocenters. The summed E-state index contributed by atoms with van der Waals surface area (Å²) in [5, 5.41) is 0.923. The third-order valence-corrected chi connectivity index (χ3v) is 5.13. The summed E-state index contributed by atoms with van der Waals surface area (Å²) < 4.78 is 5.53. The maximum atomic E-state index is 13.5. The molecular formula is C26H24N2O3. The zero-order valence-corrected chi connectivity index (χ0v) is 17.6. The van der Waals surface area contributed by atoms with E-state index in [1.54, 1.807) is 11.0 Å². The fourth-order valence-electron chi connectivity index (χ4n) is 3.58. The predicted octanol–water partition coefficient (Wildman–Crippen LogP) is 5.08. The largest absolute Gasteiger partial charge is 0.494 e. The van der Waals surface area contributed by atoms with Crippen molar-refractivity contribution in [1.82, 2.24) is 4.98 Å². The molecule has 0 radical (unpaired) electrons. The van der Waals surface area contributed by atoms with Crippen LogP contribution >= 0.6 is 0 Å². The molecule has 5 nitrogen and oxygen atoms in total. The number of para-hydroxylation sites is 1. The van der Waals surface area contributed by atoms with Crippen LogP contribution in [0.2, 0.25) is 0 Å². The number of amides is 1. The van der Waals surface area contributed by atoms with Gasteiger partial charge in [0, 0.05) is 22.3 Å². The molecule has 5 heteroatoms. The summed E-state index contributed by atoms with van der Waals surface area (Å²) in [6, 6.07) is 24.3. The Kier molecular flexibility index (Phi) is 5.85. The Labute approximate surface area is 180 Å². The lowest BCUT2D eigenvalue weighted by atomic mass is 10.1. The number of aryl methyl sites for hydroxylation is 1. The molecule has 0 saturated carbocycles. The minimum absolute atomic E-state index is 0.154. The molecule has 4 rings (SSSR count). The molecule has 0 aliphatic carbocycles. The van der Waals surface area contributed by atoms with Crippen molar-refractivity contribution in [3.8, 4) is 5.75 Å². The van der Waals surface area contributed by atoms with E-state index in [2.05, 4.69) is 4.98 Å². The fraction of sp³-hybridized carbons (Fsp3) is 0.154. The standard InChI is InChI=1S/C26H24N2O3/c1-3-31-23-13-11-22(12-14-23)28(26(30)20-9-6-7-18(2)15-20)17-21-16-19-8-4-5-10-24(19)27-25(21)29/h4-16H,3,17H2,1-2H3,(H,27,29). The van der Waals surface area contributed by atoms with Gasteiger partial charge in [-0.05, 0) is 67.8 Å². The molecular weight excluding hydrogens is 388 g/mol. The molecule has 156 valence electrons. The number of aromatic amines is 1. The number of anilines is 1. The van der Waals surface area contributed by atoms with Crippen LogP contribution < -0.4 is 15.2 Å². The lowest BCUT2D eigenvalue weighted by molar-refractivity contribution is 0.0985. The molecule has 0 unspecified atom stereocenters. The molecule has 0 bridgehead atoms. The van der Waals surface area contributed by atoms with Gasteiger partial charge in [-0.25, -0.2) is 0 Å². The number of nitrogens with zero attached hydrogens (tertiary/aromatic N) is 1. The van der Waals surface area contributed by atoms with Crippen molar-refractivity contribution in [1.29, 1.82) is 0 Å². The first kappa shape index (κ1) is 20.4. The minimum atomic E-state index is -0.202. The molecule has 0 aliphatic heterocycles. The van der Waals surface area contributed by atoms with Crippen LogP contribution in [-0.2, 0) is 6.54 Å². The molecule has 1 aromatic heterocycles. The summed E-state index contributed by atoms with van der Waals surface area (Å²) in [6.07, 6.45) is 0. The van der Waals surface area contributed by atoms with Gasteiger partial charge in [0.2, 0.25) is 0 Å². The van der Waals surface area contributed by atoms with Crippen LogP contribution in [0.3, 0.4) is 0 Å². The fourth-order valence-corrected chi connectivity index (χ4v) is 3.58. The van der Waals surface area contributed by atoms with E-state index in [-0.39, 0.29) is 18.0 Å². The Bertz CT molecular complexity index is 1280. The Hall–Kier alpha value is -3.86. The van der Waals surface area contributed by atoms with Gasteiger partial charge in [0.05, 0.1) is 13.2 Å². The lowest BCUT2D eigenvalue weighted by Gasteiger charge is -2.23. The third kappa shape index (κ3) is 4.51. The number of hydrogen-bond acceptors (Lipinski definition) is 3. The van der Waals surface area contributed by atoms with Gasteiger partial charge >= 0.3 is 0 Å². The monoisotopic (exact) mass is 412 g/mol. The number of H-pyrrole nitrogens is 1. The summed E-state index contributed by atoms with van der Waals surface area (Å²) in [5.41, 5.74) is 3.36. The van der Waals surface area contributed by atoms with Crippen LogP contribution in [0, 0.1) is 6.92 Å². The number of aromatic nitrogens is 1. The zero-order valence-electron chi connectivity index (χ0n) is 17.6. The van der Waals surface area contributed by atoms with Gasteiger partial charge in [-0.2, -0.15) is 0 Å². The zero-order chi connectivity index (χ0) is 21.8. The second kappa shape index (κ2) is 8.88. The summed E-state index contributed by atoms with van der Waals surface area (Å²) in [7, 11) is 0. The Morgan fingerprint density at radius 1 is 0.968 bits per heavy atom. The quantitative estimate of drug-likeness (QED) is 0.480. The first-order valence-electron chi connectivity index (χ1n) is 10.3. The normalized spacial score (nSPS) is 10.8. The number of fused-ring (bicyclic) bond motifs is 1. The molecule has 31 heavy (non-hydrogen) atoms. The third-order valence-electron chi connectivity index (χ3n) is 5.13. The molecule has 0 saturated heterocycles. The van der Waals surface area contributed by atoms with Crippen LogP contribution in [0.1, 0.15) is 28.4 Å². The highest BCUT2D eigenvalue weighted by Gasteiger charge is 2.20. The number of ether oxygens (including phenoxy) is 1. The maximum Gasteiger partial charge on any atom is 0.258 e. The van der Waals surface area contributed by atoms with Crippen molar-refractivity contribution in [3.63, 3.8) is 0 Å². The van der Waals surface area contributed by atoms with Crippen molar-refractivity contribution in [2.45, 2.75) is 20.4 Å². The lowest BCUT2D eigenvalue weighted by Crippen LogP contribution is -2.33. The molecule has 0 fully saturated rings. The van der Waals surface area contributed by atoms with Crippen molar-refractivity contribution in [3.05, 3.63) is 106 Å². The van der Waals surface area contributed by atoms with E-state index in [9.17, 15) is 9.59 Å². The van der Waals surface area contributed by atoms with Crippen molar-refractivity contribution >= 4 is 22.5 Å². The van der Waals surface area contributed by atoms with Gasteiger partial charge in [-0.3, -0.25) is 9.59 Å². The molecule has 0 aliphatic rings. The van der Waals surface area contributed by atoms with Gasteiger partial charge in [-0.15, -0.1) is 0 Å². The first-order chi connectivity index (χ1) is 15.0. The van der Waals surface area contributed by atoms with Crippen LogP contribution in [0.15, 0.2) is 83.7 Å². The van der Waals surface area contributed by atoms with E-state index < -0.39 is 0 Å². The van der Waals surface area contributed by atoms with Gasteiger partial charge in [0.15, 0.2) is 0 Å². The maximum absolute atomic E-state index is 13.5. The Balaban J connectivity index is 1.75. The number of benzene rings is 3. The summed E-state index contributed by atoms with van der Waals surface area (Å²) in [4.78, 5) is 30.8. The summed E-state index contributed by atoms with van der Waals surface area (Å²) in [6.45, 7) is 4.60. The van der Waals surface area contributed by atoms with E-state index >= 15 is 0 Å². The van der Waals surface area contributed by atoms with E-state index in [1.165, 1.54) is 0 Å². The predicted molar refractivity (Wildman–Crippen MR) is 124 cm³/mol. The highest BCUT2D eigenvalue weighted by molar-refractivity contribution is 6.06. The Morgan fingerprint density at radius 3 is 2.48 bits per heavy atom. The molecule has 1 heterocycles. The average molecular weight is 412 g/mol. The first-order valence-corrected chi connectivity index (χ1v) is 10.3. The number of pyridine rings is 1. The molecule has 0 spiro atoms. The average Bonchev–Trinajstić information content (AvgIpc) is 2.78. The number of hydrogen-bond donors (Lipinski definition) is 1. The minimum Gasteiger partial charge on any atom is -0.494 e. The van der Waals surface area contributed by atoms with E-state index in [1.807, 2.05) is 86.6 Å².